The lowest BCUT2D eigenvalue weighted by Crippen LogP contribution is -2.50. The maximum absolute atomic E-state index is 12.7. The normalized spacial score (nSPS) is 21.5. The molecule has 1 saturated heterocycles. The number of piperidine rings is 1. The van der Waals surface area contributed by atoms with Crippen LogP contribution >= 0.6 is 11.6 Å². The molecule has 1 aliphatic heterocycles. The third kappa shape index (κ3) is 3.68. The van der Waals surface area contributed by atoms with Gasteiger partial charge in [0, 0.05) is 31.9 Å². The zero-order valence-electron chi connectivity index (χ0n) is 15.4. The first-order valence-corrected chi connectivity index (χ1v) is 10.2. The molecule has 4 nitrogen and oxygen atoms in total. The molecule has 0 radical (unpaired) electrons. The Kier molecular flexibility index (Phi) is 5.09. The van der Waals surface area contributed by atoms with Gasteiger partial charge in [-0.05, 0) is 59.4 Å². The van der Waals surface area contributed by atoms with Gasteiger partial charge in [-0.1, -0.05) is 43.2 Å². The van der Waals surface area contributed by atoms with E-state index in [1.165, 1.54) is 12.8 Å². The molecule has 5 heteroatoms. The predicted octanol–water partition coefficient (Wildman–Crippen LogP) is 4.76. The second-order valence-electron chi connectivity index (χ2n) is 8.00. The van der Waals surface area contributed by atoms with Gasteiger partial charge < -0.3 is 9.47 Å². The summed E-state index contributed by atoms with van der Waals surface area (Å²) < 4.78 is 1.84. The molecular formula is C22H25ClN2O2. The van der Waals surface area contributed by atoms with Crippen LogP contribution in [0, 0.1) is 11.3 Å². The van der Waals surface area contributed by atoms with Crippen molar-refractivity contribution >= 4 is 17.0 Å². The minimum Gasteiger partial charge on any atom is -0.329 e. The lowest BCUT2D eigenvalue weighted by Gasteiger charge is -2.46. The van der Waals surface area contributed by atoms with Gasteiger partial charge in [0.15, 0.2) is 0 Å². The smallest absolute Gasteiger partial charge is 0.316 e. The molecule has 1 aliphatic carbocycles. The van der Waals surface area contributed by atoms with Crippen molar-refractivity contribution in [1.82, 2.24) is 9.47 Å². The summed E-state index contributed by atoms with van der Waals surface area (Å²) >= 11 is 5.76. The van der Waals surface area contributed by atoms with E-state index in [0.717, 1.165) is 43.5 Å². The van der Waals surface area contributed by atoms with E-state index < -0.39 is 0 Å². The van der Waals surface area contributed by atoms with Crippen LogP contribution in [0.15, 0.2) is 53.5 Å². The van der Waals surface area contributed by atoms with Crippen molar-refractivity contribution in [2.24, 2.45) is 11.3 Å². The number of amides is 1. The molecule has 27 heavy (non-hydrogen) atoms. The van der Waals surface area contributed by atoms with Crippen LogP contribution in [0.5, 0.6) is 0 Å². The van der Waals surface area contributed by atoms with Crippen molar-refractivity contribution in [3.63, 3.8) is 0 Å². The summed E-state index contributed by atoms with van der Waals surface area (Å²) in [5.74, 6) is 0.410. The number of pyridine rings is 1. The van der Waals surface area contributed by atoms with E-state index >= 15 is 0 Å². The Morgan fingerprint density at radius 1 is 1.11 bits per heavy atom. The number of hydrogen-bond donors (Lipinski definition) is 0. The molecular weight excluding hydrogens is 360 g/mol. The number of rotatable bonds is 3. The Morgan fingerprint density at radius 3 is 2.52 bits per heavy atom. The number of nitrogens with zero attached hydrogens (tertiary/aromatic N) is 2. The molecule has 142 valence electrons. The Bertz CT molecular complexity index is 871. The van der Waals surface area contributed by atoms with Gasteiger partial charge in [-0.15, -0.1) is 0 Å². The van der Waals surface area contributed by atoms with Crippen LogP contribution in [0.25, 0.3) is 11.1 Å². The summed E-state index contributed by atoms with van der Waals surface area (Å²) in [5, 5.41) is -0.343. The molecule has 1 amide bonds. The third-order valence-electron chi connectivity index (χ3n) is 6.49. The Hall–Kier alpha value is -2.07. The van der Waals surface area contributed by atoms with Crippen LogP contribution in [0.1, 0.15) is 32.1 Å². The van der Waals surface area contributed by atoms with Gasteiger partial charge in [0.05, 0.1) is 0 Å². The van der Waals surface area contributed by atoms with E-state index in [2.05, 4.69) is 0 Å². The van der Waals surface area contributed by atoms with E-state index in [1.807, 2.05) is 47.2 Å². The second-order valence-corrected chi connectivity index (χ2v) is 8.32. The van der Waals surface area contributed by atoms with E-state index in [1.54, 1.807) is 11.0 Å². The number of aromatic nitrogens is 1. The van der Waals surface area contributed by atoms with Gasteiger partial charge in [-0.2, -0.15) is 0 Å². The van der Waals surface area contributed by atoms with Crippen molar-refractivity contribution in [3.05, 3.63) is 59.0 Å². The minimum absolute atomic E-state index is 0.0420. The highest BCUT2D eigenvalue weighted by molar-refractivity contribution is 6.62. The molecule has 1 saturated carbocycles. The minimum atomic E-state index is -0.343. The quantitative estimate of drug-likeness (QED) is 0.565. The average molecular weight is 385 g/mol. The molecule has 2 heterocycles. The molecule has 1 spiro atoms. The maximum Gasteiger partial charge on any atom is 0.316 e. The van der Waals surface area contributed by atoms with Crippen molar-refractivity contribution in [2.75, 3.05) is 13.1 Å². The summed E-state index contributed by atoms with van der Waals surface area (Å²) in [4.78, 5) is 26.2. The van der Waals surface area contributed by atoms with Gasteiger partial charge >= 0.3 is 5.37 Å². The van der Waals surface area contributed by atoms with Gasteiger partial charge in [-0.3, -0.25) is 9.59 Å². The fourth-order valence-electron chi connectivity index (χ4n) is 4.99. The van der Waals surface area contributed by atoms with E-state index in [-0.39, 0.29) is 16.3 Å². The van der Waals surface area contributed by atoms with Crippen molar-refractivity contribution in [2.45, 2.75) is 38.6 Å². The predicted molar refractivity (Wildman–Crippen MR) is 108 cm³/mol. The monoisotopic (exact) mass is 384 g/mol. The highest BCUT2D eigenvalue weighted by Gasteiger charge is 2.46. The molecule has 1 aromatic heterocycles. The number of likely N-dealkylation sites (tertiary alicyclic amines) is 1. The van der Waals surface area contributed by atoms with Gasteiger partial charge in [-0.25, -0.2) is 0 Å². The fourth-order valence-corrected chi connectivity index (χ4v) is 5.14. The SMILES string of the molecule is O=C(Cl)N1CCC(Cn2ccc(-c3ccccc3)cc2=O)C2(CCCC2)C1. The van der Waals surface area contributed by atoms with E-state index in [9.17, 15) is 9.59 Å². The lowest BCUT2D eigenvalue weighted by atomic mass is 9.69. The van der Waals surface area contributed by atoms with E-state index in [4.69, 9.17) is 11.6 Å². The number of halogens is 1. The first-order valence-electron chi connectivity index (χ1n) is 9.78. The molecule has 1 unspecified atom stereocenters. The number of carbonyl (C=O) groups is 1. The maximum atomic E-state index is 12.7. The summed E-state index contributed by atoms with van der Waals surface area (Å²) in [5.41, 5.74) is 2.17. The van der Waals surface area contributed by atoms with Crippen LogP contribution in [-0.2, 0) is 6.54 Å². The van der Waals surface area contributed by atoms with Crippen molar-refractivity contribution in [3.8, 4) is 11.1 Å². The van der Waals surface area contributed by atoms with Gasteiger partial charge in [0.2, 0.25) is 0 Å². The first-order chi connectivity index (χ1) is 13.1. The summed E-state index contributed by atoms with van der Waals surface area (Å²) in [6.45, 7) is 2.14. The zero-order valence-corrected chi connectivity index (χ0v) is 16.2. The zero-order chi connectivity index (χ0) is 18.9. The molecule has 2 aliphatic rings. The highest BCUT2D eigenvalue weighted by atomic mass is 35.5. The molecule has 2 fully saturated rings. The summed E-state index contributed by atoms with van der Waals surface area (Å²) in [6.07, 6.45) is 7.47. The molecule has 1 atom stereocenters. The van der Waals surface area contributed by atoms with Gasteiger partial charge in [0.1, 0.15) is 0 Å². The Balaban J connectivity index is 1.56. The Morgan fingerprint density at radius 2 is 1.85 bits per heavy atom. The molecule has 1 aromatic carbocycles. The largest absolute Gasteiger partial charge is 0.329 e. The third-order valence-corrected chi connectivity index (χ3v) is 6.73. The lowest BCUT2D eigenvalue weighted by molar-refractivity contribution is 0.0450. The van der Waals surface area contributed by atoms with E-state index in [0.29, 0.717) is 12.5 Å². The van der Waals surface area contributed by atoms with Crippen LogP contribution in [0.3, 0.4) is 0 Å². The standard InChI is InChI=1S/C22H25ClN2O2/c23-21(27)25-13-9-19(22(16-25)10-4-5-11-22)15-24-12-8-18(14-20(24)26)17-6-2-1-3-7-17/h1-3,6-8,12,14,19H,4-5,9-11,13,15-16H2. The van der Waals surface area contributed by atoms with Crippen LogP contribution in [-0.4, -0.2) is 27.9 Å². The summed E-state index contributed by atoms with van der Waals surface area (Å²) in [7, 11) is 0. The molecule has 0 N–H and O–H groups in total. The second kappa shape index (κ2) is 7.51. The number of benzene rings is 1. The topological polar surface area (TPSA) is 42.3 Å². The molecule has 2 aromatic rings. The summed E-state index contributed by atoms with van der Waals surface area (Å²) in [6, 6.07) is 13.7. The molecule has 4 rings (SSSR count). The van der Waals surface area contributed by atoms with Crippen molar-refractivity contribution < 1.29 is 4.79 Å². The van der Waals surface area contributed by atoms with Crippen molar-refractivity contribution in [1.29, 1.82) is 0 Å². The highest BCUT2D eigenvalue weighted by Crippen LogP contribution is 2.49. The van der Waals surface area contributed by atoms with Gasteiger partial charge in [0.25, 0.3) is 5.56 Å². The van der Waals surface area contributed by atoms with Crippen LogP contribution in [0.4, 0.5) is 4.79 Å². The first kappa shape index (κ1) is 18.3. The van der Waals surface area contributed by atoms with Crippen LogP contribution in [0.2, 0.25) is 0 Å². The number of carbonyl (C=O) groups excluding carboxylic acids is 1. The van der Waals surface area contributed by atoms with Crippen LogP contribution < -0.4 is 5.56 Å². The number of hydrogen-bond acceptors (Lipinski definition) is 2. The fraction of sp³-hybridized carbons (Fsp3) is 0.455. The Labute approximate surface area is 164 Å². The average Bonchev–Trinajstić information content (AvgIpc) is 3.14. The molecule has 0 bridgehead atoms.